The highest BCUT2D eigenvalue weighted by molar-refractivity contribution is 9.10. The molecule has 0 aliphatic carbocycles. The van der Waals surface area contributed by atoms with Gasteiger partial charge < -0.3 is 0 Å². The summed E-state index contributed by atoms with van der Waals surface area (Å²) in [5.41, 5.74) is 0.332. The van der Waals surface area contributed by atoms with Crippen LogP contribution in [0.2, 0.25) is 0 Å². The molecule has 18 heavy (non-hydrogen) atoms. The van der Waals surface area contributed by atoms with Gasteiger partial charge in [0.15, 0.2) is 0 Å². The van der Waals surface area contributed by atoms with Crippen molar-refractivity contribution in [2.75, 3.05) is 0 Å². The second-order valence-electron chi connectivity index (χ2n) is 3.44. The Kier molecular flexibility index (Phi) is 3.47. The van der Waals surface area contributed by atoms with E-state index in [1.165, 1.54) is 24.4 Å². The van der Waals surface area contributed by atoms with E-state index in [0.717, 1.165) is 0 Å². The van der Waals surface area contributed by atoms with Gasteiger partial charge in [-0.1, -0.05) is 12.1 Å². The van der Waals surface area contributed by atoms with Crippen molar-refractivity contribution in [3.8, 4) is 0 Å². The maximum Gasteiger partial charge on any atom is 0.284 e. The lowest BCUT2D eigenvalue weighted by Gasteiger charge is -2.03. The summed E-state index contributed by atoms with van der Waals surface area (Å²) < 4.78 is 0.172. The van der Waals surface area contributed by atoms with E-state index in [1.807, 2.05) is 0 Å². The van der Waals surface area contributed by atoms with Gasteiger partial charge in [-0.2, -0.15) is 0 Å². The Bertz CT molecular complexity index is 614. The molecule has 0 saturated heterocycles. The van der Waals surface area contributed by atoms with E-state index >= 15 is 0 Å². The van der Waals surface area contributed by atoms with Gasteiger partial charge in [0.1, 0.15) is 10.2 Å². The van der Waals surface area contributed by atoms with E-state index in [1.54, 1.807) is 18.2 Å². The highest BCUT2D eigenvalue weighted by atomic mass is 79.9. The number of ketones is 1. The van der Waals surface area contributed by atoms with Gasteiger partial charge in [0.05, 0.1) is 4.92 Å². The van der Waals surface area contributed by atoms with Gasteiger partial charge in [0.25, 0.3) is 5.69 Å². The summed E-state index contributed by atoms with van der Waals surface area (Å²) in [5, 5.41) is 10.8. The SMILES string of the molecule is O=C(c1ccccn1)c1cccc([N+](=O)[O-])c1Br. The fourth-order valence-electron chi connectivity index (χ4n) is 1.47. The normalized spacial score (nSPS) is 10.1. The molecule has 0 radical (unpaired) electrons. The highest BCUT2D eigenvalue weighted by Crippen LogP contribution is 2.29. The number of benzene rings is 1. The number of nitro groups is 1. The van der Waals surface area contributed by atoms with Crippen LogP contribution in [0.15, 0.2) is 47.1 Å². The number of carbonyl (C=O) groups is 1. The number of hydrogen-bond acceptors (Lipinski definition) is 4. The van der Waals surface area contributed by atoms with Crippen LogP contribution in [0.4, 0.5) is 5.69 Å². The average Bonchev–Trinajstić information content (AvgIpc) is 2.39. The quantitative estimate of drug-likeness (QED) is 0.496. The van der Waals surface area contributed by atoms with E-state index in [2.05, 4.69) is 20.9 Å². The maximum atomic E-state index is 12.1. The van der Waals surface area contributed by atoms with Gasteiger partial charge >= 0.3 is 0 Å². The largest absolute Gasteiger partial charge is 0.287 e. The molecule has 2 rings (SSSR count). The molecule has 90 valence electrons. The van der Waals surface area contributed by atoms with Crippen LogP contribution in [0.1, 0.15) is 16.1 Å². The van der Waals surface area contributed by atoms with Crippen LogP contribution in [0.5, 0.6) is 0 Å². The monoisotopic (exact) mass is 306 g/mol. The second kappa shape index (κ2) is 5.05. The lowest BCUT2D eigenvalue weighted by molar-refractivity contribution is -0.385. The van der Waals surface area contributed by atoms with Crippen LogP contribution in [-0.4, -0.2) is 15.7 Å². The Hall–Kier alpha value is -2.08. The minimum absolute atomic E-state index is 0.142. The van der Waals surface area contributed by atoms with Crippen LogP contribution in [0, 0.1) is 10.1 Å². The van der Waals surface area contributed by atoms with E-state index in [4.69, 9.17) is 0 Å². The van der Waals surface area contributed by atoms with Crippen molar-refractivity contribution < 1.29 is 9.72 Å². The first-order valence-corrected chi connectivity index (χ1v) is 5.79. The molecule has 1 heterocycles. The lowest BCUT2D eigenvalue weighted by atomic mass is 10.1. The molecule has 0 N–H and O–H groups in total. The van der Waals surface area contributed by atoms with Crippen molar-refractivity contribution in [1.82, 2.24) is 4.98 Å². The topological polar surface area (TPSA) is 73.1 Å². The number of pyridine rings is 1. The molecular weight excluding hydrogens is 300 g/mol. The zero-order chi connectivity index (χ0) is 13.1. The number of hydrogen-bond donors (Lipinski definition) is 0. The Morgan fingerprint density at radius 3 is 2.61 bits per heavy atom. The zero-order valence-electron chi connectivity index (χ0n) is 9.04. The van der Waals surface area contributed by atoms with E-state index in [9.17, 15) is 14.9 Å². The van der Waals surface area contributed by atoms with Crippen molar-refractivity contribution in [2.24, 2.45) is 0 Å². The molecule has 0 aliphatic heterocycles. The van der Waals surface area contributed by atoms with Gasteiger partial charge in [-0.05, 0) is 34.1 Å². The second-order valence-corrected chi connectivity index (χ2v) is 4.23. The smallest absolute Gasteiger partial charge is 0.284 e. The van der Waals surface area contributed by atoms with Crippen molar-refractivity contribution in [3.63, 3.8) is 0 Å². The molecule has 6 heteroatoms. The van der Waals surface area contributed by atoms with E-state index in [-0.39, 0.29) is 27.2 Å². The fraction of sp³-hybridized carbons (Fsp3) is 0. The third-order valence-electron chi connectivity index (χ3n) is 2.32. The Labute approximate surface area is 111 Å². The van der Waals surface area contributed by atoms with Crippen molar-refractivity contribution in [3.05, 3.63) is 68.4 Å². The van der Waals surface area contributed by atoms with Crippen LogP contribution in [0.3, 0.4) is 0 Å². The number of carbonyl (C=O) groups excluding carboxylic acids is 1. The predicted octanol–water partition coefficient (Wildman–Crippen LogP) is 2.98. The van der Waals surface area contributed by atoms with Crippen molar-refractivity contribution >= 4 is 27.4 Å². The van der Waals surface area contributed by atoms with E-state index < -0.39 is 4.92 Å². The summed E-state index contributed by atoms with van der Waals surface area (Å²) in [6, 6.07) is 9.27. The first kappa shape index (κ1) is 12.4. The third-order valence-corrected chi connectivity index (χ3v) is 3.15. The molecule has 0 saturated carbocycles. The van der Waals surface area contributed by atoms with Gasteiger partial charge in [-0.15, -0.1) is 0 Å². The Morgan fingerprint density at radius 1 is 1.22 bits per heavy atom. The number of nitrogens with zero attached hydrogens (tertiary/aromatic N) is 2. The standard InChI is InChI=1S/C12H7BrN2O3/c13-11-8(4-3-6-10(11)15(17)18)12(16)9-5-1-2-7-14-9/h1-7H. The van der Waals surface area contributed by atoms with Crippen LogP contribution in [-0.2, 0) is 0 Å². The van der Waals surface area contributed by atoms with Gasteiger partial charge in [0, 0.05) is 17.8 Å². The molecule has 2 aromatic rings. The lowest BCUT2D eigenvalue weighted by Crippen LogP contribution is -2.05. The summed E-state index contributed by atoms with van der Waals surface area (Å²) in [6.45, 7) is 0. The van der Waals surface area contributed by atoms with Crippen LogP contribution in [0.25, 0.3) is 0 Å². The minimum atomic E-state index is -0.542. The summed E-state index contributed by atoms with van der Waals surface area (Å²) in [5.74, 6) is -0.355. The Balaban J connectivity index is 2.50. The molecule has 0 bridgehead atoms. The predicted molar refractivity (Wildman–Crippen MR) is 68.5 cm³/mol. The molecule has 1 aromatic heterocycles. The number of aromatic nitrogens is 1. The molecule has 0 aliphatic rings. The van der Waals surface area contributed by atoms with Crippen molar-refractivity contribution in [1.29, 1.82) is 0 Å². The zero-order valence-corrected chi connectivity index (χ0v) is 10.6. The molecule has 1 aromatic carbocycles. The molecule has 0 atom stereocenters. The molecule has 0 spiro atoms. The number of rotatable bonds is 3. The molecule has 0 amide bonds. The maximum absolute atomic E-state index is 12.1. The molecule has 0 unspecified atom stereocenters. The third kappa shape index (κ3) is 2.28. The fourth-order valence-corrected chi connectivity index (χ4v) is 2.06. The minimum Gasteiger partial charge on any atom is -0.287 e. The molecule has 0 fully saturated rings. The summed E-state index contributed by atoms with van der Waals surface area (Å²) in [6.07, 6.45) is 1.50. The van der Waals surface area contributed by atoms with Gasteiger partial charge in [-0.3, -0.25) is 19.9 Å². The first-order valence-electron chi connectivity index (χ1n) is 5.00. The first-order chi connectivity index (χ1) is 8.61. The van der Waals surface area contributed by atoms with Crippen LogP contribution < -0.4 is 0 Å². The molecular formula is C12H7BrN2O3. The molecule has 5 nitrogen and oxygen atoms in total. The summed E-state index contributed by atoms with van der Waals surface area (Å²) in [7, 11) is 0. The summed E-state index contributed by atoms with van der Waals surface area (Å²) >= 11 is 3.09. The van der Waals surface area contributed by atoms with Crippen molar-refractivity contribution in [2.45, 2.75) is 0 Å². The number of halogens is 1. The van der Waals surface area contributed by atoms with Gasteiger partial charge in [0.2, 0.25) is 5.78 Å². The number of nitro benzene ring substituents is 1. The average molecular weight is 307 g/mol. The van der Waals surface area contributed by atoms with Gasteiger partial charge in [-0.25, -0.2) is 0 Å². The highest BCUT2D eigenvalue weighted by Gasteiger charge is 2.20. The summed E-state index contributed by atoms with van der Waals surface area (Å²) in [4.78, 5) is 26.3. The Morgan fingerprint density at radius 2 is 2.00 bits per heavy atom. The van der Waals surface area contributed by atoms with E-state index in [0.29, 0.717) is 0 Å². The van der Waals surface area contributed by atoms with Crippen LogP contribution >= 0.6 is 15.9 Å².